The molecule has 0 aliphatic carbocycles. The van der Waals surface area contributed by atoms with Gasteiger partial charge >= 0.3 is 5.97 Å². The zero-order valence-electron chi connectivity index (χ0n) is 14.7. The van der Waals surface area contributed by atoms with E-state index in [0.29, 0.717) is 6.54 Å². The van der Waals surface area contributed by atoms with Crippen LogP contribution in [0.2, 0.25) is 0 Å². The normalized spacial score (nSPS) is 11.2. The van der Waals surface area contributed by atoms with Crippen molar-refractivity contribution < 1.29 is 28.8 Å². The van der Waals surface area contributed by atoms with Crippen LogP contribution in [-0.2, 0) is 14.3 Å². The SMILES string of the molecule is CCCNC(=O)[C@H](C)NC(=O)COC(=O)c1cc([N+](=O)[O-])ccc1OC. The second-order valence-electron chi connectivity index (χ2n) is 5.30. The molecule has 0 saturated heterocycles. The molecule has 0 aliphatic rings. The molecule has 1 aromatic carbocycles. The number of carbonyl (C=O) groups is 3. The fourth-order valence-corrected chi connectivity index (χ4v) is 1.93. The molecule has 0 saturated carbocycles. The number of nitro benzene ring substituents is 1. The summed E-state index contributed by atoms with van der Waals surface area (Å²) in [6.07, 6.45) is 0.759. The summed E-state index contributed by atoms with van der Waals surface area (Å²) in [6.45, 7) is 3.23. The number of rotatable bonds is 9. The molecule has 2 amide bonds. The number of amides is 2. The Balaban J connectivity index is 2.66. The van der Waals surface area contributed by atoms with E-state index in [1.807, 2.05) is 6.92 Å². The van der Waals surface area contributed by atoms with E-state index in [1.54, 1.807) is 0 Å². The largest absolute Gasteiger partial charge is 0.496 e. The number of hydrogen-bond donors (Lipinski definition) is 2. The Morgan fingerprint density at radius 1 is 1.31 bits per heavy atom. The van der Waals surface area contributed by atoms with Gasteiger partial charge in [0.2, 0.25) is 5.91 Å². The molecule has 2 N–H and O–H groups in total. The van der Waals surface area contributed by atoms with Gasteiger partial charge in [0, 0.05) is 18.7 Å². The van der Waals surface area contributed by atoms with Crippen molar-refractivity contribution in [1.82, 2.24) is 10.6 Å². The summed E-state index contributed by atoms with van der Waals surface area (Å²) in [5, 5.41) is 15.8. The number of nitrogens with one attached hydrogen (secondary N) is 2. The Morgan fingerprint density at radius 3 is 2.58 bits per heavy atom. The van der Waals surface area contributed by atoms with Crippen LogP contribution >= 0.6 is 0 Å². The summed E-state index contributed by atoms with van der Waals surface area (Å²) in [7, 11) is 1.29. The van der Waals surface area contributed by atoms with Gasteiger partial charge in [0.15, 0.2) is 6.61 Å². The van der Waals surface area contributed by atoms with Crippen molar-refractivity contribution in [2.24, 2.45) is 0 Å². The first-order chi connectivity index (χ1) is 12.3. The molecule has 1 atom stereocenters. The second kappa shape index (κ2) is 9.97. The highest BCUT2D eigenvalue weighted by Crippen LogP contribution is 2.24. The lowest BCUT2D eigenvalue weighted by Gasteiger charge is -2.14. The quantitative estimate of drug-likeness (QED) is 0.374. The first-order valence-corrected chi connectivity index (χ1v) is 7.86. The molecule has 0 heterocycles. The Kier molecular flexibility index (Phi) is 8.00. The molecule has 10 nitrogen and oxygen atoms in total. The maximum Gasteiger partial charge on any atom is 0.342 e. The average Bonchev–Trinajstić information content (AvgIpc) is 2.63. The Morgan fingerprint density at radius 2 is 2.00 bits per heavy atom. The number of carbonyl (C=O) groups excluding carboxylic acids is 3. The Labute approximate surface area is 150 Å². The summed E-state index contributed by atoms with van der Waals surface area (Å²) < 4.78 is 9.81. The average molecular weight is 367 g/mol. The number of nitrogens with zero attached hydrogens (tertiary/aromatic N) is 1. The van der Waals surface area contributed by atoms with Crippen molar-refractivity contribution in [3.8, 4) is 5.75 Å². The van der Waals surface area contributed by atoms with Gasteiger partial charge in [-0.15, -0.1) is 0 Å². The molecule has 0 aromatic heterocycles. The minimum absolute atomic E-state index is 0.0771. The number of esters is 1. The van der Waals surface area contributed by atoms with Gasteiger partial charge in [-0.1, -0.05) is 6.92 Å². The standard InChI is InChI=1S/C16H21N3O7/c1-4-7-17-15(21)10(2)18-14(20)9-26-16(22)12-8-11(19(23)24)5-6-13(12)25-3/h5-6,8,10H,4,7,9H2,1-3H3,(H,17,21)(H,18,20)/t10-/m0/s1. The van der Waals surface area contributed by atoms with Gasteiger partial charge in [0.05, 0.1) is 12.0 Å². The third-order valence-corrected chi connectivity index (χ3v) is 3.27. The molecule has 0 spiro atoms. The van der Waals surface area contributed by atoms with Gasteiger partial charge in [-0.25, -0.2) is 4.79 Å². The zero-order chi connectivity index (χ0) is 19.7. The lowest BCUT2D eigenvalue weighted by molar-refractivity contribution is -0.384. The molecule has 1 rings (SSSR count). The topological polar surface area (TPSA) is 137 Å². The van der Waals surface area contributed by atoms with Crippen LogP contribution in [0.3, 0.4) is 0 Å². The third kappa shape index (κ3) is 6.04. The smallest absolute Gasteiger partial charge is 0.342 e. The van der Waals surface area contributed by atoms with Crippen LogP contribution in [0.15, 0.2) is 18.2 Å². The molecule has 0 radical (unpaired) electrons. The van der Waals surface area contributed by atoms with Crippen molar-refractivity contribution >= 4 is 23.5 Å². The zero-order valence-corrected chi connectivity index (χ0v) is 14.7. The summed E-state index contributed by atoms with van der Waals surface area (Å²) in [6, 6.07) is 2.65. The predicted octanol–water partition coefficient (Wildman–Crippen LogP) is 0.791. The van der Waals surface area contributed by atoms with E-state index in [9.17, 15) is 24.5 Å². The number of benzene rings is 1. The summed E-state index contributed by atoms with van der Waals surface area (Å²) in [5.41, 5.74) is -0.494. The number of non-ortho nitro benzene ring substituents is 1. The van der Waals surface area contributed by atoms with Crippen LogP contribution in [0.1, 0.15) is 30.6 Å². The van der Waals surface area contributed by atoms with Crippen molar-refractivity contribution in [3.63, 3.8) is 0 Å². The van der Waals surface area contributed by atoms with E-state index < -0.39 is 29.4 Å². The molecule has 0 bridgehead atoms. The lowest BCUT2D eigenvalue weighted by atomic mass is 10.2. The highest BCUT2D eigenvalue weighted by Gasteiger charge is 2.21. The first kappa shape index (κ1) is 20.9. The summed E-state index contributed by atoms with van der Waals surface area (Å²) >= 11 is 0. The van der Waals surface area contributed by atoms with E-state index in [2.05, 4.69) is 10.6 Å². The lowest BCUT2D eigenvalue weighted by Crippen LogP contribution is -2.46. The number of hydrogen-bond acceptors (Lipinski definition) is 7. The maximum atomic E-state index is 12.1. The molecule has 142 valence electrons. The van der Waals surface area contributed by atoms with Gasteiger partial charge in [0.25, 0.3) is 11.6 Å². The molecular formula is C16H21N3O7. The van der Waals surface area contributed by atoms with Crippen LogP contribution in [0.4, 0.5) is 5.69 Å². The van der Waals surface area contributed by atoms with Crippen molar-refractivity contribution in [1.29, 1.82) is 0 Å². The van der Waals surface area contributed by atoms with E-state index in [4.69, 9.17) is 9.47 Å². The van der Waals surface area contributed by atoms with E-state index in [1.165, 1.54) is 26.2 Å². The van der Waals surface area contributed by atoms with Crippen LogP contribution in [-0.4, -0.2) is 49.0 Å². The molecule has 0 aliphatic heterocycles. The maximum absolute atomic E-state index is 12.1. The van der Waals surface area contributed by atoms with Gasteiger partial charge in [0.1, 0.15) is 17.4 Å². The van der Waals surface area contributed by atoms with E-state index in [0.717, 1.165) is 12.5 Å². The monoisotopic (exact) mass is 367 g/mol. The van der Waals surface area contributed by atoms with Crippen LogP contribution in [0, 0.1) is 10.1 Å². The first-order valence-electron chi connectivity index (χ1n) is 7.86. The van der Waals surface area contributed by atoms with Crippen molar-refractivity contribution in [3.05, 3.63) is 33.9 Å². The van der Waals surface area contributed by atoms with Gasteiger partial charge in [-0.05, 0) is 19.4 Å². The second-order valence-corrected chi connectivity index (χ2v) is 5.30. The van der Waals surface area contributed by atoms with Crippen LogP contribution < -0.4 is 15.4 Å². The number of ether oxygens (including phenoxy) is 2. The summed E-state index contributed by atoms with van der Waals surface area (Å²) in [4.78, 5) is 45.7. The fraction of sp³-hybridized carbons (Fsp3) is 0.438. The Hall–Kier alpha value is -3.17. The van der Waals surface area contributed by atoms with Gasteiger partial charge < -0.3 is 20.1 Å². The Bertz CT molecular complexity index is 690. The fourth-order valence-electron chi connectivity index (χ4n) is 1.93. The highest BCUT2D eigenvalue weighted by atomic mass is 16.6. The third-order valence-electron chi connectivity index (χ3n) is 3.27. The minimum atomic E-state index is -0.955. The van der Waals surface area contributed by atoms with Crippen LogP contribution in [0.25, 0.3) is 0 Å². The number of nitro groups is 1. The molecule has 26 heavy (non-hydrogen) atoms. The summed E-state index contributed by atoms with van der Waals surface area (Å²) in [5.74, 6) is -1.91. The van der Waals surface area contributed by atoms with Crippen LogP contribution in [0.5, 0.6) is 5.75 Å². The van der Waals surface area contributed by atoms with E-state index >= 15 is 0 Å². The van der Waals surface area contributed by atoms with E-state index in [-0.39, 0.29) is 22.9 Å². The predicted molar refractivity (Wildman–Crippen MR) is 90.8 cm³/mol. The number of methoxy groups -OCH3 is 1. The minimum Gasteiger partial charge on any atom is -0.496 e. The highest BCUT2D eigenvalue weighted by molar-refractivity contribution is 5.95. The molecular weight excluding hydrogens is 346 g/mol. The molecule has 1 aromatic rings. The van der Waals surface area contributed by atoms with Gasteiger partial charge in [-0.3, -0.25) is 19.7 Å². The molecule has 0 fully saturated rings. The molecule has 10 heteroatoms. The molecule has 0 unspecified atom stereocenters. The van der Waals surface area contributed by atoms with Gasteiger partial charge in [-0.2, -0.15) is 0 Å². The van der Waals surface area contributed by atoms with Crippen molar-refractivity contribution in [2.45, 2.75) is 26.3 Å². The van der Waals surface area contributed by atoms with Crippen molar-refractivity contribution in [2.75, 3.05) is 20.3 Å².